The smallest absolute Gasteiger partial charge is 0.0423 e. The maximum absolute atomic E-state index is 3.72. The molecule has 3 aromatic rings. The lowest BCUT2D eigenvalue weighted by molar-refractivity contribution is 0.838. The van der Waals surface area contributed by atoms with Crippen LogP contribution in [0.5, 0.6) is 0 Å². The summed E-state index contributed by atoms with van der Waals surface area (Å²) in [5.74, 6) is 0.408. The lowest BCUT2D eigenvalue weighted by atomic mass is 9.90. The molecule has 0 spiro atoms. The highest BCUT2D eigenvalue weighted by atomic mass is 32.1. The van der Waals surface area contributed by atoms with Crippen LogP contribution < -0.4 is 5.32 Å². The highest BCUT2D eigenvalue weighted by Crippen LogP contribution is 2.53. The molecule has 0 amide bonds. The molecule has 24 heavy (non-hydrogen) atoms. The Labute approximate surface area is 147 Å². The topological polar surface area (TPSA) is 12.0 Å². The highest BCUT2D eigenvalue weighted by Gasteiger charge is 2.34. The van der Waals surface area contributed by atoms with Gasteiger partial charge in [-0.1, -0.05) is 42.0 Å². The normalized spacial score (nSPS) is 22.0. The van der Waals surface area contributed by atoms with E-state index in [-0.39, 0.29) is 0 Å². The fourth-order valence-corrected chi connectivity index (χ4v) is 5.92. The Balaban J connectivity index is 1.77. The third-order valence-corrected chi connectivity index (χ3v) is 6.93. The van der Waals surface area contributed by atoms with Crippen molar-refractivity contribution in [2.75, 3.05) is 5.32 Å². The standard InChI is InChI=1S/C22H21NS/c1-12-11-15-7-6-9-17(21(15)23-12)20-14(3)13(2)19-16-8-4-5-10-18(16)24-22(19)20/h4-10,12,20,23H,11H2,1-3H3. The van der Waals surface area contributed by atoms with Crippen molar-refractivity contribution in [3.8, 4) is 0 Å². The number of fused-ring (bicyclic) bond motifs is 4. The van der Waals surface area contributed by atoms with Crippen LogP contribution in [0.2, 0.25) is 0 Å². The quantitative estimate of drug-likeness (QED) is 0.560. The van der Waals surface area contributed by atoms with Crippen LogP contribution in [0.15, 0.2) is 48.0 Å². The van der Waals surface area contributed by atoms with Crippen LogP contribution in [0.3, 0.4) is 0 Å². The number of thiophene rings is 1. The van der Waals surface area contributed by atoms with E-state index in [4.69, 9.17) is 0 Å². The number of hydrogen-bond acceptors (Lipinski definition) is 2. The zero-order valence-electron chi connectivity index (χ0n) is 14.3. The van der Waals surface area contributed by atoms with Gasteiger partial charge in [0.2, 0.25) is 0 Å². The van der Waals surface area contributed by atoms with Gasteiger partial charge >= 0.3 is 0 Å². The second kappa shape index (κ2) is 4.97. The van der Waals surface area contributed by atoms with E-state index in [0.29, 0.717) is 12.0 Å². The van der Waals surface area contributed by atoms with Gasteiger partial charge in [0.25, 0.3) is 0 Å². The van der Waals surface area contributed by atoms with Crippen molar-refractivity contribution in [2.24, 2.45) is 0 Å². The molecule has 0 radical (unpaired) electrons. The minimum atomic E-state index is 0.408. The second-order valence-electron chi connectivity index (χ2n) is 7.21. The lowest BCUT2D eigenvalue weighted by Gasteiger charge is -2.18. The molecule has 5 rings (SSSR count). The van der Waals surface area contributed by atoms with Crippen LogP contribution in [-0.2, 0) is 6.42 Å². The molecule has 2 heteroatoms. The average Bonchev–Trinajstić information content (AvgIpc) is 3.20. The van der Waals surface area contributed by atoms with Gasteiger partial charge in [-0.15, -0.1) is 11.3 Å². The second-order valence-corrected chi connectivity index (χ2v) is 8.29. The molecule has 2 aromatic carbocycles. The summed E-state index contributed by atoms with van der Waals surface area (Å²) in [5, 5.41) is 5.15. The van der Waals surface area contributed by atoms with Gasteiger partial charge in [-0.2, -0.15) is 0 Å². The minimum absolute atomic E-state index is 0.408. The summed E-state index contributed by atoms with van der Waals surface area (Å²) in [4.78, 5) is 1.53. The Bertz CT molecular complexity index is 1010. The molecule has 2 atom stereocenters. The predicted molar refractivity (Wildman–Crippen MR) is 105 cm³/mol. The van der Waals surface area contributed by atoms with E-state index in [2.05, 4.69) is 68.6 Å². The molecule has 2 unspecified atom stereocenters. The maximum atomic E-state index is 3.72. The number of hydrogen-bond donors (Lipinski definition) is 1. The van der Waals surface area contributed by atoms with E-state index in [9.17, 15) is 0 Å². The van der Waals surface area contributed by atoms with E-state index >= 15 is 0 Å². The summed E-state index contributed by atoms with van der Waals surface area (Å²) >= 11 is 1.97. The van der Waals surface area contributed by atoms with Crippen LogP contribution in [0, 0.1) is 0 Å². The van der Waals surface area contributed by atoms with Crippen molar-refractivity contribution in [1.29, 1.82) is 0 Å². The molecule has 1 N–H and O–H groups in total. The number of benzene rings is 2. The number of allylic oxidation sites excluding steroid dienone is 2. The van der Waals surface area contributed by atoms with Gasteiger partial charge in [0.15, 0.2) is 0 Å². The molecule has 120 valence electrons. The van der Waals surface area contributed by atoms with Gasteiger partial charge in [-0.3, -0.25) is 0 Å². The third-order valence-electron chi connectivity index (χ3n) is 5.70. The molecule has 0 bridgehead atoms. The molecule has 2 heterocycles. The maximum Gasteiger partial charge on any atom is 0.0423 e. The van der Waals surface area contributed by atoms with Gasteiger partial charge < -0.3 is 5.32 Å². The summed E-state index contributed by atoms with van der Waals surface area (Å²) in [7, 11) is 0. The van der Waals surface area contributed by atoms with Crippen molar-refractivity contribution in [3.63, 3.8) is 0 Å². The molecule has 0 fully saturated rings. The van der Waals surface area contributed by atoms with Gasteiger partial charge in [0.05, 0.1) is 0 Å². The zero-order chi connectivity index (χ0) is 16.4. The first-order valence-electron chi connectivity index (χ1n) is 8.72. The van der Waals surface area contributed by atoms with Crippen molar-refractivity contribution in [2.45, 2.75) is 39.2 Å². The summed E-state index contributed by atoms with van der Waals surface area (Å²) in [5.41, 5.74) is 8.78. The monoisotopic (exact) mass is 331 g/mol. The molecule has 2 aliphatic rings. The van der Waals surface area contributed by atoms with Crippen molar-refractivity contribution < 1.29 is 0 Å². The first-order chi connectivity index (χ1) is 11.6. The average molecular weight is 331 g/mol. The molecule has 1 nitrogen and oxygen atoms in total. The highest BCUT2D eigenvalue weighted by molar-refractivity contribution is 7.19. The largest absolute Gasteiger partial charge is 0.382 e. The zero-order valence-corrected chi connectivity index (χ0v) is 15.1. The molecule has 0 saturated heterocycles. The van der Waals surface area contributed by atoms with Crippen LogP contribution in [0.1, 0.15) is 48.3 Å². The van der Waals surface area contributed by atoms with Gasteiger partial charge in [0.1, 0.15) is 0 Å². The van der Waals surface area contributed by atoms with Crippen molar-refractivity contribution in [1.82, 2.24) is 0 Å². The summed E-state index contributed by atoms with van der Waals surface area (Å²) in [6.07, 6.45) is 1.14. The van der Waals surface area contributed by atoms with E-state index in [1.54, 1.807) is 0 Å². The molecule has 1 aliphatic carbocycles. The predicted octanol–water partition coefficient (Wildman–Crippen LogP) is 6.20. The summed E-state index contributed by atoms with van der Waals surface area (Å²) < 4.78 is 1.41. The molecule has 1 aromatic heterocycles. The lowest BCUT2D eigenvalue weighted by Crippen LogP contribution is -2.10. The Hall–Kier alpha value is -2.06. The van der Waals surface area contributed by atoms with Gasteiger partial charge in [-0.25, -0.2) is 0 Å². The SMILES string of the molecule is CC1=C(C)C(c2cccc3c2NC(C)C3)c2sc3ccccc3c21. The summed E-state index contributed by atoms with van der Waals surface area (Å²) in [6.45, 7) is 6.89. The Morgan fingerprint density at radius 2 is 1.88 bits per heavy atom. The van der Waals surface area contributed by atoms with Crippen molar-refractivity contribution in [3.05, 3.63) is 69.6 Å². The van der Waals surface area contributed by atoms with Gasteiger partial charge in [-0.05, 0) is 50.0 Å². The van der Waals surface area contributed by atoms with Crippen LogP contribution in [-0.4, -0.2) is 6.04 Å². The van der Waals surface area contributed by atoms with E-state index in [1.807, 2.05) is 11.3 Å². The third kappa shape index (κ3) is 1.81. The van der Waals surface area contributed by atoms with E-state index in [0.717, 1.165) is 6.42 Å². The Morgan fingerprint density at radius 1 is 1.04 bits per heavy atom. The van der Waals surface area contributed by atoms with E-state index < -0.39 is 0 Å². The first-order valence-corrected chi connectivity index (χ1v) is 9.54. The molecule has 1 aliphatic heterocycles. The number of anilines is 1. The minimum Gasteiger partial charge on any atom is -0.382 e. The Kier molecular flexibility index (Phi) is 2.96. The molecular weight excluding hydrogens is 310 g/mol. The van der Waals surface area contributed by atoms with Crippen LogP contribution in [0.4, 0.5) is 5.69 Å². The fourth-order valence-electron chi connectivity index (χ4n) is 4.47. The first kappa shape index (κ1) is 14.3. The number of rotatable bonds is 1. The summed E-state index contributed by atoms with van der Waals surface area (Å²) in [6, 6.07) is 16.2. The molecule has 0 saturated carbocycles. The number of para-hydroxylation sites is 1. The Morgan fingerprint density at radius 3 is 2.75 bits per heavy atom. The molecular formula is C22H21NS. The van der Waals surface area contributed by atoms with Crippen molar-refractivity contribution >= 4 is 32.7 Å². The fraction of sp³-hybridized carbons (Fsp3) is 0.273. The van der Waals surface area contributed by atoms with E-state index in [1.165, 1.54) is 48.5 Å². The van der Waals surface area contributed by atoms with Gasteiger partial charge in [0, 0.05) is 38.2 Å². The van der Waals surface area contributed by atoms with Crippen LogP contribution in [0.25, 0.3) is 15.7 Å². The number of nitrogens with one attached hydrogen (secondary N) is 1. The van der Waals surface area contributed by atoms with Crippen LogP contribution >= 0.6 is 11.3 Å².